The van der Waals surface area contributed by atoms with Crippen molar-refractivity contribution in [2.75, 3.05) is 0 Å². The normalized spacial score (nSPS) is 21.8. The van der Waals surface area contributed by atoms with Crippen LogP contribution in [-0.4, -0.2) is 11.6 Å². The van der Waals surface area contributed by atoms with Crippen molar-refractivity contribution in [3.8, 4) is 0 Å². The van der Waals surface area contributed by atoms with Crippen LogP contribution < -0.4 is 0 Å². The predicted molar refractivity (Wildman–Crippen MR) is 59.4 cm³/mol. The molecule has 1 saturated carbocycles. The summed E-state index contributed by atoms with van der Waals surface area (Å²) in [5.41, 5.74) is 0.570. The first-order valence-corrected chi connectivity index (χ1v) is 5.81. The molecule has 1 aromatic heterocycles. The van der Waals surface area contributed by atoms with Crippen LogP contribution in [0.5, 0.6) is 0 Å². The average molecular weight is 220 g/mol. The largest absolute Gasteiger partial charge is 0.469 e. The lowest BCUT2D eigenvalue weighted by molar-refractivity contribution is -0.121. The monoisotopic (exact) mass is 220 g/mol. The number of hydrogen-bond acceptors (Lipinski definition) is 3. The third-order valence-corrected chi connectivity index (χ3v) is 3.25. The number of aryl methyl sites for hydroxylation is 1. The number of furan rings is 1. The van der Waals surface area contributed by atoms with Crippen LogP contribution in [0.4, 0.5) is 0 Å². The molecule has 1 aromatic rings. The van der Waals surface area contributed by atoms with Crippen molar-refractivity contribution in [2.45, 2.75) is 39.0 Å². The third kappa shape index (κ3) is 2.08. The van der Waals surface area contributed by atoms with Gasteiger partial charge in [0.15, 0.2) is 5.78 Å². The van der Waals surface area contributed by atoms with E-state index in [0.29, 0.717) is 24.2 Å². The first kappa shape index (κ1) is 11.1. The first-order valence-electron chi connectivity index (χ1n) is 5.81. The molecule has 2 rings (SSSR count). The molecule has 3 heteroatoms. The first-order chi connectivity index (χ1) is 7.70. The lowest BCUT2D eigenvalue weighted by atomic mass is 9.90. The lowest BCUT2D eigenvalue weighted by Crippen LogP contribution is -2.23. The van der Waals surface area contributed by atoms with Crippen molar-refractivity contribution in [1.29, 1.82) is 0 Å². The molecule has 0 bridgehead atoms. The van der Waals surface area contributed by atoms with E-state index in [2.05, 4.69) is 0 Å². The maximum atomic E-state index is 12.2. The Morgan fingerprint density at radius 2 is 2.19 bits per heavy atom. The number of Topliss-reactive ketones (excluding diaryl/α,β-unsaturated/α-hetero) is 2. The fraction of sp³-hybridized carbons (Fsp3) is 0.538. The molecule has 1 aliphatic carbocycles. The summed E-state index contributed by atoms with van der Waals surface area (Å²) in [5.74, 6) is 0.224. The van der Waals surface area contributed by atoms with Crippen LogP contribution in [0, 0.1) is 12.8 Å². The Morgan fingerprint density at radius 1 is 1.38 bits per heavy atom. The van der Waals surface area contributed by atoms with Crippen molar-refractivity contribution in [3.63, 3.8) is 0 Å². The summed E-state index contributed by atoms with van der Waals surface area (Å²) in [7, 11) is 0. The molecule has 0 saturated heterocycles. The van der Waals surface area contributed by atoms with Gasteiger partial charge in [-0.15, -0.1) is 0 Å². The van der Waals surface area contributed by atoms with E-state index in [9.17, 15) is 9.59 Å². The van der Waals surface area contributed by atoms with E-state index in [-0.39, 0.29) is 11.6 Å². The fourth-order valence-corrected chi connectivity index (χ4v) is 2.27. The van der Waals surface area contributed by atoms with Crippen LogP contribution in [0.2, 0.25) is 0 Å². The molecule has 16 heavy (non-hydrogen) atoms. The molecule has 0 spiro atoms. The van der Waals surface area contributed by atoms with Gasteiger partial charge in [0, 0.05) is 6.42 Å². The van der Waals surface area contributed by atoms with Crippen molar-refractivity contribution in [1.82, 2.24) is 0 Å². The van der Waals surface area contributed by atoms with Gasteiger partial charge in [-0.05, 0) is 25.8 Å². The zero-order valence-electron chi connectivity index (χ0n) is 9.49. The Hall–Kier alpha value is -1.38. The molecule has 86 valence electrons. The standard InChI is InChI=1S/C13H16O3/c1-9-10(7-8-16-9)13(15)11-5-3-2-4-6-12(11)14/h7-8,11H,2-6H2,1H3. The minimum absolute atomic E-state index is 0.0573. The zero-order valence-corrected chi connectivity index (χ0v) is 9.49. The molecule has 0 aliphatic heterocycles. The zero-order chi connectivity index (χ0) is 11.5. The second-order valence-electron chi connectivity index (χ2n) is 4.37. The Kier molecular flexibility index (Phi) is 3.22. The van der Waals surface area contributed by atoms with Crippen LogP contribution in [0.1, 0.15) is 48.2 Å². The molecule has 0 N–H and O–H groups in total. The Balaban J connectivity index is 2.20. The van der Waals surface area contributed by atoms with Crippen LogP contribution in [0.3, 0.4) is 0 Å². The summed E-state index contributed by atoms with van der Waals surface area (Å²) in [6.07, 6.45) is 5.70. The van der Waals surface area contributed by atoms with Gasteiger partial charge in [-0.3, -0.25) is 9.59 Å². The highest BCUT2D eigenvalue weighted by atomic mass is 16.3. The second-order valence-corrected chi connectivity index (χ2v) is 4.37. The van der Waals surface area contributed by atoms with Gasteiger partial charge >= 0.3 is 0 Å². The molecular formula is C13H16O3. The Bertz CT molecular complexity index is 403. The molecule has 1 atom stereocenters. The number of carbonyl (C=O) groups is 2. The Morgan fingerprint density at radius 3 is 2.88 bits per heavy atom. The summed E-state index contributed by atoms with van der Waals surface area (Å²) in [5, 5.41) is 0. The van der Waals surface area contributed by atoms with Crippen LogP contribution >= 0.6 is 0 Å². The summed E-state index contributed by atoms with van der Waals surface area (Å²) in [6.45, 7) is 1.76. The van der Waals surface area contributed by atoms with Crippen LogP contribution in [0.25, 0.3) is 0 Å². The minimum atomic E-state index is -0.432. The molecule has 0 aromatic carbocycles. The van der Waals surface area contributed by atoms with Gasteiger partial charge in [-0.2, -0.15) is 0 Å². The molecule has 3 nitrogen and oxygen atoms in total. The van der Waals surface area contributed by atoms with Crippen molar-refractivity contribution >= 4 is 11.6 Å². The van der Waals surface area contributed by atoms with Crippen molar-refractivity contribution in [3.05, 3.63) is 23.7 Å². The molecule has 0 radical (unpaired) electrons. The molecule has 1 aliphatic rings. The molecule has 1 fully saturated rings. The predicted octanol–water partition coefficient (Wildman–Crippen LogP) is 2.92. The van der Waals surface area contributed by atoms with Gasteiger partial charge in [-0.25, -0.2) is 0 Å². The minimum Gasteiger partial charge on any atom is -0.469 e. The van der Waals surface area contributed by atoms with E-state index in [0.717, 1.165) is 19.3 Å². The molecule has 0 amide bonds. The highest BCUT2D eigenvalue weighted by Gasteiger charge is 2.29. The molecular weight excluding hydrogens is 204 g/mol. The van der Waals surface area contributed by atoms with Crippen molar-refractivity contribution < 1.29 is 14.0 Å². The number of rotatable bonds is 2. The SMILES string of the molecule is Cc1occc1C(=O)C1CCCCCC1=O. The number of ketones is 2. The molecule has 1 unspecified atom stereocenters. The van der Waals surface area contributed by atoms with Gasteiger partial charge in [0.05, 0.1) is 17.7 Å². The highest BCUT2D eigenvalue weighted by Crippen LogP contribution is 2.25. The smallest absolute Gasteiger partial charge is 0.176 e. The molecule has 1 heterocycles. The Labute approximate surface area is 94.8 Å². The summed E-state index contributed by atoms with van der Waals surface area (Å²) in [6, 6.07) is 1.66. The van der Waals surface area contributed by atoms with E-state index in [4.69, 9.17) is 4.42 Å². The van der Waals surface area contributed by atoms with Crippen LogP contribution in [0.15, 0.2) is 16.7 Å². The third-order valence-electron chi connectivity index (χ3n) is 3.25. The summed E-state index contributed by atoms with van der Waals surface area (Å²) >= 11 is 0. The van der Waals surface area contributed by atoms with Gasteiger partial charge in [0.2, 0.25) is 0 Å². The van der Waals surface area contributed by atoms with Gasteiger partial charge < -0.3 is 4.42 Å². The van der Waals surface area contributed by atoms with E-state index in [1.807, 2.05) is 0 Å². The lowest BCUT2D eigenvalue weighted by Gasteiger charge is -2.10. The maximum Gasteiger partial charge on any atom is 0.176 e. The van der Waals surface area contributed by atoms with Crippen LogP contribution in [-0.2, 0) is 4.79 Å². The highest BCUT2D eigenvalue weighted by molar-refractivity contribution is 6.11. The summed E-state index contributed by atoms with van der Waals surface area (Å²) in [4.78, 5) is 24.0. The number of carbonyl (C=O) groups excluding carboxylic acids is 2. The van der Waals surface area contributed by atoms with E-state index >= 15 is 0 Å². The van der Waals surface area contributed by atoms with Gasteiger partial charge in [0.25, 0.3) is 0 Å². The maximum absolute atomic E-state index is 12.2. The topological polar surface area (TPSA) is 47.3 Å². The second kappa shape index (κ2) is 4.64. The van der Waals surface area contributed by atoms with E-state index in [1.54, 1.807) is 13.0 Å². The fourth-order valence-electron chi connectivity index (χ4n) is 2.27. The quantitative estimate of drug-likeness (QED) is 0.437. The van der Waals surface area contributed by atoms with E-state index in [1.165, 1.54) is 6.26 Å². The van der Waals surface area contributed by atoms with Gasteiger partial charge in [-0.1, -0.05) is 12.8 Å². The average Bonchev–Trinajstić information content (AvgIpc) is 2.56. The van der Waals surface area contributed by atoms with Crippen molar-refractivity contribution in [2.24, 2.45) is 5.92 Å². The van der Waals surface area contributed by atoms with Gasteiger partial charge in [0.1, 0.15) is 11.5 Å². The number of hydrogen-bond donors (Lipinski definition) is 0. The summed E-state index contributed by atoms with van der Waals surface area (Å²) < 4.78 is 5.11. The van der Waals surface area contributed by atoms with E-state index < -0.39 is 5.92 Å².